The molecule has 2 N–H and O–H groups in total. The molecule has 0 aliphatic rings. The van der Waals surface area contributed by atoms with Crippen molar-refractivity contribution in [1.29, 1.82) is 5.26 Å². The Kier molecular flexibility index (Phi) is 2.63. The van der Waals surface area contributed by atoms with Crippen molar-refractivity contribution in [2.45, 2.75) is 20.0 Å². The monoisotopic (exact) mass is 183 g/mol. The van der Waals surface area contributed by atoms with Crippen molar-refractivity contribution in [3.63, 3.8) is 0 Å². The van der Waals surface area contributed by atoms with E-state index in [9.17, 15) is 4.79 Å². The smallest absolute Gasteiger partial charge is 0.308 e. The third kappa shape index (κ3) is 1.40. The summed E-state index contributed by atoms with van der Waals surface area (Å²) in [6.07, 6.45) is 0. The van der Waals surface area contributed by atoms with Crippen molar-refractivity contribution >= 4 is 11.3 Å². The van der Waals surface area contributed by atoms with Crippen LogP contribution < -0.4 is 10.6 Å². The molecule has 0 aliphatic carbocycles. The quantitative estimate of drug-likeness (QED) is 0.712. The summed E-state index contributed by atoms with van der Waals surface area (Å²) in [5, 5.41) is 8.41. The first-order chi connectivity index (χ1) is 5.70. The molecule has 12 heavy (non-hydrogen) atoms. The van der Waals surface area contributed by atoms with Gasteiger partial charge < -0.3 is 5.73 Å². The lowest BCUT2D eigenvalue weighted by atomic mass is 10.4. The van der Waals surface area contributed by atoms with Crippen molar-refractivity contribution < 1.29 is 0 Å². The predicted octanol–water partition coefficient (Wildman–Crippen LogP) is 0.201. The van der Waals surface area contributed by atoms with Gasteiger partial charge in [-0.25, -0.2) is 0 Å². The van der Waals surface area contributed by atoms with Gasteiger partial charge in [0, 0.05) is 17.1 Å². The van der Waals surface area contributed by atoms with Gasteiger partial charge in [-0.3, -0.25) is 9.36 Å². The number of aromatic nitrogens is 1. The third-order valence-electron chi connectivity index (χ3n) is 1.65. The molecule has 0 aliphatic heterocycles. The van der Waals surface area contributed by atoms with Crippen LogP contribution in [0.25, 0.3) is 0 Å². The molecule has 1 rings (SSSR count). The van der Waals surface area contributed by atoms with Gasteiger partial charge in [-0.05, 0) is 6.92 Å². The van der Waals surface area contributed by atoms with Crippen LogP contribution in [0.3, 0.4) is 0 Å². The van der Waals surface area contributed by atoms with Crippen LogP contribution in [0.15, 0.2) is 4.79 Å². The summed E-state index contributed by atoms with van der Waals surface area (Å²) in [6, 6.07) is 1.93. The van der Waals surface area contributed by atoms with E-state index >= 15 is 0 Å². The van der Waals surface area contributed by atoms with Gasteiger partial charge in [0.1, 0.15) is 6.54 Å². The Labute approximate surface area is 73.9 Å². The van der Waals surface area contributed by atoms with Crippen LogP contribution in [0.5, 0.6) is 0 Å². The average molecular weight is 183 g/mol. The lowest BCUT2D eigenvalue weighted by Gasteiger charge is -1.97. The van der Waals surface area contributed by atoms with Crippen molar-refractivity contribution in [3.8, 4) is 6.07 Å². The topological polar surface area (TPSA) is 71.8 Å². The average Bonchev–Trinajstić information content (AvgIpc) is 2.32. The molecule has 1 aromatic rings. The number of hydrogen-bond donors (Lipinski definition) is 1. The molecule has 64 valence electrons. The minimum absolute atomic E-state index is 0.102. The lowest BCUT2D eigenvalue weighted by Crippen LogP contribution is -2.13. The Morgan fingerprint density at radius 2 is 2.42 bits per heavy atom. The molecule has 0 fully saturated rings. The second kappa shape index (κ2) is 3.52. The predicted molar refractivity (Wildman–Crippen MR) is 46.8 cm³/mol. The molecular formula is C7H9N3OS. The minimum atomic E-state index is -0.102. The fourth-order valence-electron chi connectivity index (χ4n) is 0.965. The second-order valence-corrected chi connectivity index (χ2v) is 3.37. The number of thiazole rings is 1. The van der Waals surface area contributed by atoms with Gasteiger partial charge in [0.25, 0.3) is 0 Å². The van der Waals surface area contributed by atoms with E-state index < -0.39 is 0 Å². The van der Waals surface area contributed by atoms with Gasteiger partial charge in [0.05, 0.1) is 6.07 Å². The standard InChI is InChI=1S/C7H9N3OS/c1-5-6(4-9)12-7(11)10(5)3-2-8/h3-4,9H2,1H3. The number of nitrogens with zero attached hydrogens (tertiary/aromatic N) is 2. The summed E-state index contributed by atoms with van der Waals surface area (Å²) in [5.74, 6) is 0. The maximum Gasteiger partial charge on any atom is 0.308 e. The fraction of sp³-hybridized carbons (Fsp3) is 0.429. The summed E-state index contributed by atoms with van der Waals surface area (Å²) in [6.45, 7) is 2.28. The number of nitriles is 1. The van der Waals surface area contributed by atoms with Gasteiger partial charge in [-0.1, -0.05) is 11.3 Å². The molecule has 0 amide bonds. The van der Waals surface area contributed by atoms with Gasteiger partial charge in [-0.2, -0.15) is 5.26 Å². The highest BCUT2D eigenvalue weighted by Gasteiger charge is 2.07. The number of hydrogen-bond acceptors (Lipinski definition) is 4. The maximum absolute atomic E-state index is 11.2. The molecule has 0 aromatic carbocycles. The first kappa shape index (κ1) is 8.97. The van der Waals surface area contributed by atoms with E-state index in [1.807, 2.05) is 6.07 Å². The zero-order valence-electron chi connectivity index (χ0n) is 6.70. The van der Waals surface area contributed by atoms with Gasteiger partial charge >= 0.3 is 4.87 Å². The number of rotatable bonds is 2. The van der Waals surface area contributed by atoms with Crippen LogP contribution in [0.1, 0.15) is 10.6 Å². The van der Waals surface area contributed by atoms with E-state index in [0.717, 1.165) is 21.9 Å². The Morgan fingerprint density at radius 3 is 2.83 bits per heavy atom. The molecule has 1 heterocycles. The van der Waals surface area contributed by atoms with Gasteiger partial charge in [-0.15, -0.1) is 0 Å². The second-order valence-electron chi connectivity index (χ2n) is 2.32. The number of nitrogens with two attached hydrogens (primary N) is 1. The largest absolute Gasteiger partial charge is 0.326 e. The highest BCUT2D eigenvalue weighted by atomic mass is 32.1. The first-order valence-electron chi connectivity index (χ1n) is 3.46. The van der Waals surface area contributed by atoms with E-state index in [2.05, 4.69) is 0 Å². The van der Waals surface area contributed by atoms with Crippen molar-refractivity contribution in [2.75, 3.05) is 0 Å². The molecule has 5 heteroatoms. The Balaban J connectivity index is 3.21. The molecule has 0 saturated carbocycles. The SMILES string of the molecule is Cc1c(CN)sc(=O)n1CC#N. The highest BCUT2D eigenvalue weighted by molar-refractivity contribution is 7.09. The van der Waals surface area contributed by atoms with Crippen LogP contribution in [0.2, 0.25) is 0 Å². The molecule has 0 bridgehead atoms. The zero-order valence-corrected chi connectivity index (χ0v) is 7.52. The summed E-state index contributed by atoms with van der Waals surface area (Å²) in [5.41, 5.74) is 6.22. The molecule has 0 spiro atoms. The van der Waals surface area contributed by atoms with Crippen LogP contribution in [0.4, 0.5) is 0 Å². The van der Waals surface area contributed by atoms with Crippen LogP contribution in [-0.4, -0.2) is 4.57 Å². The molecule has 0 saturated heterocycles. The molecule has 0 unspecified atom stereocenters. The van der Waals surface area contributed by atoms with Crippen LogP contribution in [-0.2, 0) is 13.1 Å². The van der Waals surface area contributed by atoms with Crippen molar-refractivity contribution in [3.05, 3.63) is 20.2 Å². The van der Waals surface area contributed by atoms with Gasteiger partial charge in [0.2, 0.25) is 0 Å². The minimum Gasteiger partial charge on any atom is -0.326 e. The summed E-state index contributed by atoms with van der Waals surface area (Å²) in [7, 11) is 0. The zero-order chi connectivity index (χ0) is 9.14. The summed E-state index contributed by atoms with van der Waals surface area (Å²) >= 11 is 1.11. The highest BCUT2D eigenvalue weighted by Crippen LogP contribution is 2.09. The van der Waals surface area contributed by atoms with Crippen molar-refractivity contribution in [2.24, 2.45) is 5.73 Å². The lowest BCUT2D eigenvalue weighted by molar-refractivity contribution is 0.774. The van der Waals surface area contributed by atoms with E-state index in [0.29, 0.717) is 6.54 Å². The van der Waals surface area contributed by atoms with Crippen LogP contribution in [0, 0.1) is 18.3 Å². The summed E-state index contributed by atoms with van der Waals surface area (Å²) in [4.78, 5) is 11.9. The molecular weight excluding hydrogens is 174 g/mol. The first-order valence-corrected chi connectivity index (χ1v) is 4.28. The molecule has 0 radical (unpaired) electrons. The molecule has 4 nitrogen and oxygen atoms in total. The van der Waals surface area contributed by atoms with Crippen LogP contribution >= 0.6 is 11.3 Å². The van der Waals surface area contributed by atoms with E-state index in [4.69, 9.17) is 11.0 Å². The summed E-state index contributed by atoms with van der Waals surface area (Å²) < 4.78 is 1.44. The molecule has 0 atom stereocenters. The molecule has 1 aromatic heterocycles. The van der Waals surface area contributed by atoms with E-state index in [1.54, 1.807) is 6.92 Å². The van der Waals surface area contributed by atoms with Crippen molar-refractivity contribution in [1.82, 2.24) is 4.57 Å². The van der Waals surface area contributed by atoms with E-state index in [-0.39, 0.29) is 11.4 Å². The maximum atomic E-state index is 11.2. The Morgan fingerprint density at radius 1 is 1.75 bits per heavy atom. The normalized spacial score (nSPS) is 9.75. The third-order valence-corrected chi connectivity index (χ3v) is 2.76. The van der Waals surface area contributed by atoms with E-state index in [1.165, 1.54) is 4.57 Å². The van der Waals surface area contributed by atoms with Gasteiger partial charge in [0.15, 0.2) is 0 Å². The Hall–Kier alpha value is -1.12. The fourth-order valence-corrected chi connectivity index (χ4v) is 1.83. The Bertz CT molecular complexity index is 371.